The van der Waals surface area contributed by atoms with Gasteiger partial charge < -0.3 is 57.2 Å². The zero-order valence-corrected chi connectivity index (χ0v) is 76.2. The van der Waals surface area contributed by atoms with E-state index in [9.17, 15) is 99.7 Å². The molecule has 13 heterocycles. The van der Waals surface area contributed by atoms with Crippen molar-refractivity contribution in [2.75, 3.05) is 120 Å². The van der Waals surface area contributed by atoms with Crippen LogP contribution in [0.1, 0.15) is 206 Å². The van der Waals surface area contributed by atoms with Crippen molar-refractivity contribution >= 4 is 46.1 Å². The minimum absolute atomic E-state index is 0.00939. The van der Waals surface area contributed by atoms with Gasteiger partial charge in [-0.25, -0.2) is 0 Å². The van der Waals surface area contributed by atoms with Gasteiger partial charge in [0.05, 0.1) is 70.0 Å². The van der Waals surface area contributed by atoms with Crippen LogP contribution in [0.15, 0.2) is 140 Å². The second-order valence-corrected chi connectivity index (χ2v) is 37.0. The molecule has 0 atom stereocenters. The Kier molecular flexibility index (Phi) is 27.3. The number of carbonyl (C=O) groups is 6. The summed E-state index contributed by atoms with van der Waals surface area (Å²) in [4.78, 5) is 96.1. The molecule has 5 fully saturated rings. The van der Waals surface area contributed by atoms with Gasteiger partial charge >= 0.3 is 30.9 Å². The molecular weight excluding hydrogens is 1790 g/mol. The number of fused-ring (bicyclic) bond motifs is 9. The second-order valence-electron chi connectivity index (χ2n) is 37.0. The first kappa shape index (κ1) is 98.1. The lowest BCUT2D eigenvalue weighted by atomic mass is 9.81. The number of hydrogen-bond acceptors (Lipinski definition) is 15. The molecule has 0 radical (unpaired) electrons. The van der Waals surface area contributed by atoms with Crippen LogP contribution in [-0.2, 0) is 66.9 Å². The number of Topliss-reactive ketones (excluding diaryl/α,β-unsaturated/α-hetero) is 2. The zero-order valence-electron chi connectivity index (χ0n) is 76.2. The molecule has 1 saturated carbocycles. The highest BCUT2D eigenvalue weighted by molar-refractivity contribution is 6.06. The van der Waals surface area contributed by atoms with E-state index in [0.29, 0.717) is 186 Å². The number of alkyl halides is 15. The topological polar surface area (TPSA) is 209 Å². The summed E-state index contributed by atoms with van der Waals surface area (Å²) in [5.41, 5.74) is -1.46. The molecule has 4 aromatic carbocycles. The maximum atomic E-state index is 13.8. The summed E-state index contributed by atoms with van der Waals surface area (Å²) in [5, 5.41) is 10.9. The first-order chi connectivity index (χ1) is 63.6. The molecule has 4 saturated heterocycles. The van der Waals surface area contributed by atoms with Crippen LogP contribution >= 0.6 is 0 Å². The second kappa shape index (κ2) is 37.6. The van der Waals surface area contributed by atoms with Crippen molar-refractivity contribution in [2.24, 2.45) is 5.92 Å². The third-order valence-corrected chi connectivity index (χ3v) is 28.7. The Morgan fingerprint density at radius 1 is 0.430 bits per heavy atom. The standard InChI is InChI=1S/C25H29F6N3O3.C25H28F3N3O3.C24H28F3N3O3.C23H23F3N4O/c1-15(2)37-18-6-5-16(13-19(18)36-4)22(35)33-9-7-23(8-10-33)20-14-17(24(26,27)28)21(25(29,30)31)34(20)12-11-32(23)3;1-29-14-15-31-20(22(32)25(26,27)28)8-9-21(31)24(29)10-12-30(13-11-24)23(33)18-4-6-19(7-5-18)34-16-17-2-3-17;1-15(2)17-14-16(4-6-19(17)31)22(33)29-10-8-23(9-11-29)20-7-5-18(21(32)24(25,26)27)30(20)13-12-28(23)3;1-28-14-15-30-19(6-7-20(30)23(24,25)26)22(28)9-12-29(13-10-22)21(31)17-8-11-27-18-5-3-2-4-16(17)18/h5-6,13-15H,7-12H2,1-4H3;4-9,17H,2-3,10-16H2,1H3;4-7,14-15,31H,8-13H2,1-3H3;2-8,11H,9-10,12-15H2,1H3. The summed E-state index contributed by atoms with van der Waals surface area (Å²) >= 11 is 0. The van der Waals surface area contributed by atoms with E-state index in [4.69, 9.17) is 14.2 Å². The number of ether oxygens (including phenoxy) is 3. The van der Waals surface area contributed by atoms with E-state index in [1.807, 2.05) is 95.0 Å². The number of aromatic nitrogens is 5. The van der Waals surface area contributed by atoms with Gasteiger partial charge in [0, 0.05) is 156 Å². The van der Waals surface area contributed by atoms with E-state index < -0.39 is 81.6 Å². The molecular formula is C97H108F15N13O10. The number of benzene rings is 4. The lowest BCUT2D eigenvalue weighted by Crippen LogP contribution is -2.56. The van der Waals surface area contributed by atoms with Crippen LogP contribution in [0, 0.1) is 5.92 Å². The fourth-order valence-corrected chi connectivity index (χ4v) is 21.0. The molecule has 4 spiro atoms. The Morgan fingerprint density at radius 3 is 1.30 bits per heavy atom. The summed E-state index contributed by atoms with van der Waals surface area (Å²) in [7, 11) is 9.03. The Hall–Kier alpha value is -11.4. The molecule has 4 amide bonds. The molecule has 8 aliphatic heterocycles. The number of para-hydroxylation sites is 1. The minimum Gasteiger partial charge on any atom is -0.508 e. The van der Waals surface area contributed by atoms with Crippen LogP contribution in [0.3, 0.4) is 0 Å². The van der Waals surface area contributed by atoms with Crippen molar-refractivity contribution in [1.29, 1.82) is 0 Å². The van der Waals surface area contributed by atoms with Gasteiger partial charge in [-0.2, -0.15) is 65.9 Å². The van der Waals surface area contributed by atoms with Gasteiger partial charge in [-0.05, 0) is 239 Å². The number of likely N-dealkylation sites (N-methyl/N-ethyl adjacent to an activating group) is 4. The molecule has 1 aliphatic carbocycles. The van der Waals surface area contributed by atoms with Crippen molar-refractivity contribution in [3.05, 3.63) is 219 Å². The molecule has 135 heavy (non-hydrogen) atoms. The molecule has 9 aromatic rings. The highest BCUT2D eigenvalue weighted by atomic mass is 19.4. The van der Waals surface area contributed by atoms with Gasteiger partial charge in [-0.15, -0.1) is 0 Å². The summed E-state index contributed by atoms with van der Waals surface area (Å²) in [6, 6.07) is 35.4. The minimum atomic E-state index is -5.15. The predicted molar refractivity (Wildman–Crippen MR) is 469 cm³/mol. The molecule has 0 bridgehead atoms. The van der Waals surface area contributed by atoms with E-state index >= 15 is 0 Å². The Labute approximate surface area is 770 Å². The zero-order chi connectivity index (χ0) is 97.4. The monoisotopic (exact) mass is 1900 g/mol. The molecule has 1 N–H and O–H groups in total. The average Bonchev–Trinajstić information content (AvgIpc) is 1.56. The SMILES string of the molecule is CC(C)c1cc(C(=O)N2CCC3(CC2)c2ccc(C(=O)C(F)(F)F)n2CCN3C)ccc1O.CN1CCn2c(C(=O)C(F)(F)F)ccc2C12CCN(C(=O)c1ccc(OCC3CC3)cc1)CC2.CN1CCn2c(C(F)(F)F)ccc2C12CCN(C(=O)c1ccnc3ccccc13)CC2.COc1cc(C(=O)N2CCC3(CC2)c2cc(C(F)(F)F)c(C(F)(F)F)n2CCN3C)ccc1OC(C)C. The number of hydrogen-bond donors (Lipinski definition) is 1. The largest absolute Gasteiger partial charge is 0.508 e. The maximum absolute atomic E-state index is 13.8. The van der Waals surface area contributed by atoms with Crippen LogP contribution < -0.4 is 14.2 Å². The molecule has 38 heteroatoms. The van der Waals surface area contributed by atoms with Gasteiger partial charge in [-0.1, -0.05) is 32.0 Å². The molecule has 18 rings (SSSR count). The smallest absolute Gasteiger partial charge is 0.456 e. The molecule has 5 aromatic heterocycles. The van der Waals surface area contributed by atoms with Gasteiger partial charge in [-0.3, -0.25) is 53.4 Å². The van der Waals surface area contributed by atoms with E-state index in [2.05, 4.69) is 19.7 Å². The first-order valence-electron chi connectivity index (χ1n) is 45.2. The summed E-state index contributed by atoms with van der Waals surface area (Å²) in [5.74, 6) is -1.67. The van der Waals surface area contributed by atoms with Crippen LogP contribution in [0.25, 0.3) is 10.9 Å². The number of pyridine rings is 1. The molecule has 9 aliphatic rings. The van der Waals surface area contributed by atoms with E-state index in [1.54, 1.807) is 94.7 Å². The number of nitrogens with zero attached hydrogens (tertiary/aromatic N) is 13. The van der Waals surface area contributed by atoms with Crippen molar-refractivity contribution in [1.82, 2.24) is 62.5 Å². The van der Waals surface area contributed by atoms with Crippen LogP contribution in [0.2, 0.25) is 0 Å². The first-order valence-corrected chi connectivity index (χ1v) is 45.2. The number of phenols is 1. The third kappa shape index (κ3) is 19.2. The van der Waals surface area contributed by atoms with Gasteiger partial charge in [0.15, 0.2) is 11.5 Å². The van der Waals surface area contributed by atoms with Crippen LogP contribution in [0.5, 0.6) is 23.0 Å². The number of ketones is 2. The van der Waals surface area contributed by atoms with Gasteiger partial charge in [0.1, 0.15) is 22.9 Å². The summed E-state index contributed by atoms with van der Waals surface area (Å²) in [6.45, 7) is 14.0. The maximum Gasteiger partial charge on any atom is 0.456 e. The number of phenolic OH excluding ortho intramolecular Hbond substituents is 1. The molecule has 23 nitrogen and oxygen atoms in total. The van der Waals surface area contributed by atoms with Crippen molar-refractivity contribution in [2.45, 2.75) is 183 Å². The molecule has 0 unspecified atom stereocenters. The Morgan fingerprint density at radius 2 is 0.852 bits per heavy atom. The van der Waals surface area contributed by atoms with Crippen LogP contribution in [-0.4, -0.2) is 242 Å². The number of aromatic hydroxyl groups is 1. The lowest BCUT2D eigenvalue weighted by molar-refractivity contribution is -0.166. The average molecular weight is 1900 g/mol. The number of carbonyl (C=O) groups excluding carboxylic acids is 6. The third-order valence-electron chi connectivity index (χ3n) is 28.7. The van der Waals surface area contributed by atoms with Gasteiger partial charge in [0.25, 0.3) is 35.2 Å². The van der Waals surface area contributed by atoms with Crippen LogP contribution in [0.4, 0.5) is 65.9 Å². The number of rotatable bonds is 13. The summed E-state index contributed by atoms with van der Waals surface area (Å²) in [6.07, 6.45) is -16.7. The van der Waals surface area contributed by atoms with Crippen molar-refractivity contribution < 1.29 is 114 Å². The normalized spacial score (nSPS) is 19.0. The number of amides is 4. The van der Waals surface area contributed by atoms with E-state index in [-0.39, 0.29) is 97.5 Å². The number of likely N-dealkylation sites (tertiary alicyclic amines) is 4. The number of methoxy groups -OCH3 is 1. The predicted octanol–water partition coefficient (Wildman–Crippen LogP) is 17.8. The fraction of sp³-hybridized carbons (Fsp3) is 0.495. The Bertz CT molecular complexity index is 5890. The van der Waals surface area contributed by atoms with E-state index in [0.717, 1.165) is 26.9 Å². The quantitative estimate of drug-likeness (QED) is 0.0841. The molecule has 726 valence electrons. The Balaban J connectivity index is 0.000000137. The summed E-state index contributed by atoms with van der Waals surface area (Å²) < 4.78 is 223. The van der Waals surface area contributed by atoms with Crippen molar-refractivity contribution in [3.63, 3.8) is 0 Å². The van der Waals surface area contributed by atoms with Crippen molar-refractivity contribution in [3.8, 4) is 23.0 Å². The lowest BCUT2D eigenvalue weighted by Gasteiger charge is -2.50. The highest BCUT2D eigenvalue weighted by Crippen LogP contribution is 2.52. The number of piperidine rings is 4. The van der Waals surface area contributed by atoms with E-state index in [1.165, 1.54) is 57.9 Å². The fourth-order valence-electron chi connectivity index (χ4n) is 21.0. The highest BCUT2D eigenvalue weighted by Gasteiger charge is 2.56. The number of halogens is 15. The van der Waals surface area contributed by atoms with Gasteiger partial charge in [0.2, 0.25) is 0 Å².